The van der Waals surface area contributed by atoms with Crippen LogP contribution in [0.25, 0.3) is 11.1 Å². The van der Waals surface area contributed by atoms with Crippen LogP contribution in [0.2, 0.25) is 0 Å². The highest BCUT2D eigenvalue weighted by Crippen LogP contribution is 2.31. The van der Waals surface area contributed by atoms with Crippen LogP contribution in [-0.2, 0) is 6.54 Å². The van der Waals surface area contributed by atoms with Crippen LogP contribution in [0.4, 0.5) is 16.3 Å². The Kier molecular flexibility index (Phi) is 8.34. The highest BCUT2D eigenvalue weighted by Gasteiger charge is 2.30. The molecule has 1 aromatic heterocycles. The first-order valence-corrected chi connectivity index (χ1v) is 13.5. The van der Waals surface area contributed by atoms with Crippen LogP contribution in [0.1, 0.15) is 42.4 Å². The molecular weight excluding hydrogens is 496 g/mol. The van der Waals surface area contributed by atoms with Crippen LogP contribution in [0, 0.1) is 22.7 Å². The summed E-state index contributed by atoms with van der Waals surface area (Å²) in [6, 6.07) is 33.4. The van der Waals surface area contributed by atoms with Gasteiger partial charge in [0.1, 0.15) is 11.9 Å². The Morgan fingerprint density at radius 1 is 0.850 bits per heavy atom. The van der Waals surface area contributed by atoms with Crippen LogP contribution >= 0.6 is 0 Å². The van der Waals surface area contributed by atoms with Crippen LogP contribution < -0.4 is 15.5 Å². The van der Waals surface area contributed by atoms with E-state index in [0.29, 0.717) is 17.7 Å². The third-order valence-corrected chi connectivity index (χ3v) is 7.32. The van der Waals surface area contributed by atoms with Gasteiger partial charge in [0.25, 0.3) is 0 Å². The third kappa shape index (κ3) is 6.28. The summed E-state index contributed by atoms with van der Waals surface area (Å²) in [5.74, 6) is 0.758. The monoisotopic (exact) mass is 526 g/mol. The summed E-state index contributed by atoms with van der Waals surface area (Å²) >= 11 is 0. The lowest BCUT2D eigenvalue weighted by Crippen LogP contribution is -2.48. The molecule has 198 valence electrons. The summed E-state index contributed by atoms with van der Waals surface area (Å²) < 4.78 is 0. The summed E-state index contributed by atoms with van der Waals surface area (Å²) in [5.41, 5.74) is 4.84. The van der Waals surface area contributed by atoms with Crippen molar-refractivity contribution in [2.45, 2.75) is 44.3 Å². The van der Waals surface area contributed by atoms with Crippen LogP contribution in [-0.4, -0.2) is 23.1 Å². The number of amides is 2. The minimum absolute atomic E-state index is 0.0417. The maximum atomic E-state index is 13.6. The molecule has 0 spiro atoms. The van der Waals surface area contributed by atoms with Gasteiger partial charge in [-0.2, -0.15) is 10.5 Å². The SMILES string of the molecule is N#Cc1ccc(N[C@H]2CC[C@H](N(C(=O)NCc3ccccc3)c3ccc(-c4ccccc4C#N)cc3)CC2)nc1. The number of carbonyl (C=O) groups is 1. The van der Waals surface area contributed by atoms with Crippen molar-refractivity contribution >= 4 is 17.5 Å². The van der Waals surface area contributed by atoms with Gasteiger partial charge in [0.05, 0.1) is 17.2 Å². The fourth-order valence-corrected chi connectivity index (χ4v) is 5.22. The van der Waals surface area contributed by atoms with Gasteiger partial charge >= 0.3 is 6.03 Å². The van der Waals surface area contributed by atoms with Crippen molar-refractivity contribution in [3.63, 3.8) is 0 Å². The smallest absolute Gasteiger partial charge is 0.322 e. The van der Waals surface area contributed by atoms with Gasteiger partial charge in [0, 0.05) is 30.5 Å². The van der Waals surface area contributed by atoms with E-state index in [-0.39, 0.29) is 18.1 Å². The van der Waals surface area contributed by atoms with Crippen LogP contribution in [0.3, 0.4) is 0 Å². The third-order valence-electron chi connectivity index (χ3n) is 7.32. The van der Waals surface area contributed by atoms with E-state index >= 15 is 0 Å². The zero-order valence-corrected chi connectivity index (χ0v) is 22.1. The fraction of sp³-hybridized carbons (Fsp3) is 0.212. The van der Waals surface area contributed by atoms with E-state index in [1.54, 1.807) is 12.3 Å². The molecule has 2 N–H and O–H groups in total. The zero-order valence-electron chi connectivity index (χ0n) is 22.1. The van der Waals surface area contributed by atoms with E-state index < -0.39 is 0 Å². The number of anilines is 2. The molecular formula is C33H30N6O. The maximum absolute atomic E-state index is 13.6. The van der Waals surface area contributed by atoms with Crippen molar-refractivity contribution in [3.05, 3.63) is 114 Å². The molecule has 1 aliphatic rings. The van der Waals surface area contributed by atoms with Crippen molar-refractivity contribution < 1.29 is 4.79 Å². The molecule has 7 heteroatoms. The molecule has 1 heterocycles. The molecule has 0 saturated heterocycles. The average molecular weight is 527 g/mol. The van der Waals surface area contributed by atoms with Crippen molar-refractivity contribution in [2.24, 2.45) is 0 Å². The number of benzene rings is 3. The number of carbonyl (C=O) groups excluding carboxylic acids is 1. The zero-order chi connectivity index (χ0) is 27.7. The molecule has 5 rings (SSSR count). The van der Waals surface area contributed by atoms with E-state index in [2.05, 4.69) is 27.8 Å². The Labute approximate surface area is 234 Å². The van der Waals surface area contributed by atoms with Gasteiger partial charge in [-0.15, -0.1) is 0 Å². The van der Waals surface area contributed by atoms with Crippen molar-refractivity contribution in [1.29, 1.82) is 10.5 Å². The number of nitrogens with zero attached hydrogens (tertiary/aromatic N) is 4. The number of pyridine rings is 1. The highest BCUT2D eigenvalue weighted by atomic mass is 16.2. The van der Waals surface area contributed by atoms with Crippen molar-refractivity contribution in [1.82, 2.24) is 10.3 Å². The number of nitriles is 2. The molecule has 1 aliphatic carbocycles. The molecule has 7 nitrogen and oxygen atoms in total. The second-order valence-electron chi connectivity index (χ2n) is 9.91. The Bertz CT molecular complexity index is 1510. The topological polar surface area (TPSA) is 105 Å². The van der Waals surface area contributed by atoms with E-state index in [1.807, 2.05) is 89.8 Å². The van der Waals surface area contributed by atoms with Gasteiger partial charge in [-0.05, 0) is 72.7 Å². The van der Waals surface area contributed by atoms with Gasteiger partial charge in [0.15, 0.2) is 0 Å². The molecule has 3 aromatic carbocycles. The Hall–Kier alpha value is -5.14. The first-order chi connectivity index (χ1) is 19.6. The second-order valence-corrected chi connectivity index (χ2v) is 9.91. The Morgan fingerprint density at radius 2 is 1.57 bits per heavy atom. The quantitative estimate of drug-likeness (QED) is 0.281. The molecule has 0 bridgehead atoms. The van der Waals surface area contributed by atoms with Crippen molar-refractivity contribution in [3.8, 4) is 23.3 Å². The van der Waals surface area contributed by atoms with E-state index in [1.165, 1.54) is 0 Å². The van der Waals surface area contributed by atoms with Gasteiger partial charge in [-0.25, -0.2) is 9.78 Å². The minimum atomic E-state index is -0.126. The van der Waals surface area contributed by atoms with Gasteiger partial charge in [-0.1, -0.05) is 60.7 Å². The lowest BCUT2D eigenvalue weighted by atomic mass is 9.89. The van der Waals surface area contributed by atoms with E-state index in [0.717, 1.165) is 53.9 Å². The lowest BCUT2D eigenvalue weighted by Gasteiger charge is -2.37. The molecule has 1 fully saturated rings. The fourth-order valence-electron chi connectivity index (χ4n) is 5.22. The van der Waals surface area contributed by atoms with Gasteiger partial charge in [0.2, 0.25) is 0 Å². The number of aromatic nitrogens is 1. The standard InChI is InChI=1S/C33H30N6O/c34-20-25-10-19-32(36-23-25)38-28-13-17-30(18-14-28)39(33(40)37-22-24-6-2-1-3-7-24)29-15-11-26(12-16-29)31-9-5-4-8-27(31)21-35/h1-12,15-16,19,23,28,30H,13-14,17-18,22H2,(H,36,38)(H,37,40)/t28-,30-. The predicted molar refractivity (Wildman–Crippen MR) is 156 cm³/mol. The Morgan fingerprint density at radius 3 is 2.25 bits per heavy atom. The number of urea groups is 1. The highest BCUT2D eigenvalue weighted by molar-refractivity contribution is 5.93. The predicted octanol–water partition coefficient (Wildman–Crippen LogP) is 6.63. The number of hydrogen-bond donors (Lipinski definition) is 2. The van der Waals surface area contributed by atoms with Gasteiger partial charge < -0.3 is 10.6 Å². The molecule has 4 aromatic rings. The van der Waals surface area contributed by atoms with E-state index in [4.69, 9.17) is 5.26 Å². The summed E-state index contributed by atoms with van der Waals surface area (Å²) in [6.07, 6.45) is 5.04. The second kappa shape index (κ2) is 12.6. The minimum Gasteiger partial charge on any atom is -0.367 e. The van der Waals surface area contributed by atoms with Crippen molar-refractivity contribution in [2.75, 3.05) is 10.2 Å². The first-order valence-electron chi connectivity index (χ1n) is 13.5. The number of nitrogens with one attached hydrogen (secondary N) is 2. The number of hydrogen-bond acceptors (Lipinski definition) is 5. The largest absolute Gasteiger partial charge is 0.367 e. The molecule has 0 atom stereocenters. The summed E-state index contributed by atoms with van der Waals surface area (Å²) in [4.78, 5) is 19.9. The average Bonchev–Trinajstić information content (AvgIpc) is 3.02. The first kappa shape index (κ1) is 26.5. The summed E-state index contributed by atoms with van der Waals surface area (Å²) in [6.45, 7) is 0.449. The summed E-state index contributed by atoms with van der Waals surface area (Å²) in [7, 11) is 0. The maximum Gasteiger partial charge on any atom is 0.322 e. The van der Waals surface area contributed by atoms with Gasteiger partial charge in [-0.3, -0.25) is 4.90 Å². The summed E-state index contributed by atoms with van der Waals surface area (Å²) in [5, 5.41) is 25.1. The normalized spacial score (nSPS) is 16.2. The lowest BCUT2D eigenvalue weighted by molar-refractivity contribution is 0.240. The molecule has 0 unspecified atom stereocenters. The van der Waals surface area contributed by atoms with Crippen LogP contribution in [0.15, 0.2) is 97.2 Å². The Balaban J connectivity index is 1.32. The molecule has 0 radical (unpaired) electrons. The molecule has 40 heavy (non-hydrogen) atoms. The molecule has 0 aliphatic heterocycles. The molecule has 1 saturated carbocycles. The van der Waals surface area contributed by atoms with E-state index in [9.17, 15) is 10.1 Å². The number of rotatable bonds is 7. The van der Waals surface area contributed by atoms with Crippen LogP contribution in [0.5, 0.6) is 0 Å². The molecule has 2 amide bonds.